The average molecular weight is 281 g/mol. The summed E-state index contributed by atoms with van der Waals surface area (Å²) in [5.41, 5.74) is 0. The zero-order chi connectivity index (χ0) is 13.3. The monoisotopic (exact) mass is 280 g/mol. The van der Waals surface area contributed by atoms with E-state index in [1.54, 1.807) is 0 Å². The summed E-state index contributed by atoms with van der Waals surface area (Å²) >= 11 is 12.3. The van der Waals surface area contributed by atoms with Crippen molar-refractivity contribution < 1.29 is 19.0 Å². The molecule has 0 amide bonds. The number of carbonyl (C=O) groups is 1. The Morgan fingerprint density at radius 3 is 2.24 bits per heavy atom. The second kappa shape index (κ2) is 4.98. The summed E-state index contributed by atoms with van der Waals surface area (Å²) < 4.78 is 15.6. The highest BCUT2D eigenvalue weighted by Gasteiger charge is 2.66. The Kier molecular flexibility index (Phi) is 4.25. The molecule has 17 heavy (non-hydrogen) atoms. The van der Waals surface area contributed by atoms with E-state index in [0.717, 1.165) is 0 Å². The third-order valence-electron chi connectivity index (χ3n) is 2.78. The fourth-order valence-electron chi connectivity index (χ4n) is 1.99. The third-order valence-corrected chi connectivity index (χ3v) is 3.70. The first-order chi connectivity index (χ1) is 7.95. The van der Waals surface area contributed by atoms with Crippen molar-refractivity contribution in [2.24, 2.45) is 0 Å². The van der Waals surface area contributed by atoms with E-state index < -0.39 is 16.4 Å². The van der Waals surface area contributed by atoms with Gasteiger partial charge in [0.05, 0.1) is 7.11 Å². The van der Waals surface area contributed by atoms with E-state index in [2.05, 4.69) is 6.58 Å². The minimum absolute atomic E-state index is 0.0750. The number of alkyl halides is 1. The molecule has 0 aromatic rings. The first kappa shape index (κ1) is 14.5. The van der Waals surface area contributed by atoms with Gasteiger partial charge in [-0.1, -0.05) is 17.7 Å². The van der Waals surface area contributed by atoms with Crippen LogP contribution < -0.4 is 0 Å². The molecule has 0 unspecified atom stereocenters. The molecule has 1 atom stereocenters. The van der Waals surface area contributed by atoms with Crippen molar-refractivity contribution in [3.63, 3.8) is 0 Å². The molecule has 6 heteroatoms. The third kappa shape index (κ3) is 1.71. The van der Waals surface area contributed by atoms with Crippen LogP contribution in [0.2, 0.25) is 0 Å². The minimum atomic E-state index is -1.54. The molecule has 0 saturated carbocycles. The van der Waals surface area contributed by atoms with Gasteiger partial charge in [0.15, 0.2) is 10.6 Å². The lowest BCUT2D eigenvalue weighted by molar-refractivity contribution is -0.214. The molecule has 4 nitrogen and oxygen atoms in total. The summed E-state index contributed by atoms with van der Waals surface area (Å²) in [6.07, 6.45) is 1.64. The molecular weight excluding hydrogens is 267 g/mol. The van der Waals surface area contributed by atoms with E-state index in [0.29, 0.717) is 0 Å². The van der Waals surface area contributed by atoms with E-state index in [1.165, 1.54) is 27.4 Å². The van der Waals surface area contributed by atoms with Crippen LogP contribution in [-0.4, -0.2) is 37.8 Å². The Bertz CT molecular complexity index is 374. The second-order valence-electron chi connectivity index (χ2n) is 3.50. The molecule has 0 N–H and O–H groups in total. The molecule has 0 spiro atoms. The topological polar surface area (TPSA) is 44.8 Å². The van der Waals surface area contributed by atoms with Crippen LogP contribution in [0.4, 0.5) is 0 Å². The maximum atomic E-state index is 12.1. The van der Waals surface area contributed by atoms with Gasteiger partial charge >= 0.3 is 0 Å². The van der Waals surface area contributed by atoms with Crippen molar-refractivity contribution in [3.05, 3.63) is 23.4 Å². The first-order valence-corrected chi connectivity index (χ1v) is 5.60. The molecule has 0 fully saturated rings. The maximum Gasteiger partial charge on any atom is 0.256 e. The fourth-order valence-corrected chi connectivity index (χ4v) is 2.85. The Hall–Kier alpha value is -0.550. The highest BCUT2D eigenvalue weighted by atomic mass is 35.5. The van der Waals surface area contributed by atoms with Crippen LogP contribution >= 0.6 is 23.2 Å². The van der Waals surface area contributed by atoms with Gasteiger partial charge in [-0.15, -0.1) is 18.2 Å². The number of methoxy groups -OCH3 is 3. The largest absolute Gasteiger partial charge is 0.494 e. The quantitative estimate of drug-likeness (QED) is 0.440. The molecule has 1 rings (SSSR count). The lowest BCUT2D eigenvalue weighted by atomic mass is 9.94. The summed E-state index contributed by atoms with van der Waals surface area (Å²) in [5, 5.41) is -0.118. The summed E-state index contributed by atoms with van der Waals surface area (Å²) in [7, 11) is 4.10. The molecule has 0 aliphatic heterocycles. The van der Waals surface area contributed by atoms with Crippen molar-refractivity contribution in [3.8, 4) is 0 Å². The lowest BCUT2D eigenvalue weighted by Crippen LogP contribution is -2.54. The summed E-state index contributed by atoms with van der Waals surface area (Å²) in [6, 6.07) is 0. The molecule has 0 aromatic carbocycles. The molecule has 1 aliphatic rings. The van der Waals surface area contributed by atoms with Gasteiger partial charge in [-0.05, 0) is 6.42 Å². The van der Waals surface area contributed by atoms with Gasteiger partial charge in [-0.3, -0.25) is 4.79 Å². The predicted octanol–water partition coefficient (Wildman–Crippen LogP) is 2.21. The number of rotatable bonds is 5. The summed E-state index contributed by atoms with van der Waals surface area (Å²) in [5.74, 6) is -1.96. The summed E-state index contributed by atoms with van der Waals surface area (Å²) in [6.45, 7) is 3.56. The standard InChI is InChI=1S/C11H14Cl2O4/c1-5-6-10(13)8(14)7(12)9(15-2)11(10,16-3)17-4/h5H,1,6H2,2-4H3/t10-/m1/s1. The van der Waals surface area contributed by atoms with Crippen LogP contribution in [0.25, 0.3) is 0 Å². The molecule has 0 heterocycles. The van der Waals surface area contributed by atoms with Gasteiger partial charge in [0.25, 0.3) is 5.79 Å². The molecule has 0 bridgehead atoms. The van der Waals surface area contributed by atoms with Crippen molar-refractivity contribution >= 4 is 29.0 Å². The summed E-state index contributed by atoms with van der Waals surface area (Å²) in [4.78, 5) is 10.6. The Morgan fingerprint density at radius 2 is 1.88 bits per heavy atom. The number of allylic oxidation sites excluding steroid dienone is 2. The van der Waals surface area contributed by atoms with E-state index in [-0.39, 0.29) is 17.2 Å². The number of hydrogen-bond donors (Lipinski definition) is 0. The van der Waals surface area contributed by atoms with Crippen LogP contribution in [0.3, 0.4) is 0 Å². The zero-order valence-electron chi connectivity index (χ0n) is 9.88. The van der Waals surface area contributed by atoms with Crippen LogP contribution in [0.15, 0.2) is 23.4 Å². The van der Waals surface area contributed by atoms with Crippen molar-refractivity contribution in [2.75, 3.05) is 21.3 Å². The van der Waals surface area contributed by atoms with Gasteiger partial charge in [-0.2, -0.15) is 0 Å². The van der Waals surface area contributed by atoms with Crippen molar-refractivity contribution in [1.82, 2.24) is 0 Å². The van der Waals surface area contributed by atoms with E-state index in [4.69, 9.17) is 37.4 Å². The van der Waals surface area contributed by atoms with Crippen molar-refractivity contribution in [2.45, 2.75) is 17.1 Å². The van der Waals surface area contributed by atoms with Gasteiger partial charge in [0.2, 0.25) is 5.78 Å². The Labute approximate surface area is 110 Å². The molecule has 0 saturated heterocycles. The number of halogens is 2. The highest BCUT2D eigenvalue weighted by molar-refractivity contribution is 6.52. The molecule has 96 valence electrons. The zero-order valence-corrected chi connectivity index (χ0v) is 11.4. The Morgan fingerprint density at radius 1 is 1.35 bits per heavy atom. The highest BCUT2D eigenvalue weighted by Crippen LogP contribution is 2.51. The minimum Gasteiger partial charge on any atom is -0.494 e. The van der Waals surface area contributed by atoms with Crippen molar-refractivity contribution in [1.29, 1.82) is 0 Å². The van der Waals surface area contributed by atoms with Gasteiger partial charge < -0.3 is 14.2 Å². The first-order valence-electron chi connectivity index (χ1n) is 4.84. The number of carbonyl (C=O) groups excluding carboxylic acids is 1. The number of ketones is 1. The number of Topliss-reactive ketones (excluding diaryl/α,β-unsaturated/α-hetero) is 1. The van der Waals surface area contributed by atoms with Crippen LogP contribution in [0.1, 0.15) is 6.42 Å². The second-order valence-corrected chi connectivity index (χ2v) is 4.52. The molecule has 0 radical (unpaired) electrons. The van der Waals surface area contributed by atoms with Crippen LogP contribution in [-0.2, 0) is 19.0 Å². The fraction of sp³-hybridized carbons (Fsp3) is 0.545. The van der Waals surface area contributed by atoms with Crippen LogP contribution in [0, 0.1) is 0 Å². The predicted molar refractivity (Wildman–Crippen MR) is 65.0 cm³/mol. The molecule has 1 aliphatic carbocycles. The molecular formula is C11H14Cl2O4. The smallest absolute Gasteiger partial charge is 0.256 e. The van der Waals surface area contributed by atoms with E-state index in [9.17, 15) is 4.79 Å². The number of hydrogen-bond acceptors (Lipinski definition) is 4. The van der Waals surface area contributed by atoms with Gasteiger partial charge in [0, 0.05) is 14.2 Å². The van der Waals surface area contributed by atoms with Crippen LogP contribution in [0.5, 0.6) is 0 Å². The van der Waals surface area contributed by atoms with Gasteiger partial charge in [-0.25, -0.2) is 0 Å². The van der Waals surface area contributed by atoms with E-state index >= 15 is 0 Å². The van der Waals surface area contributed by atoms with Gasteiger partial charge in [0.1, 0.15) is 5.03 Å². The molecule has 0 aromatic heterocycles. The number of ether oxygens (including phenoxy) is 3. The normalized spacial score (nSPS) is 27.5. The SMILES string of the molecule is C=CC[C@@]1(Cl)C(=O)C(Cl)=C(OC)C1(OC)OC. The average Bonchev–Trinajstić information content (AvgIpc) is 2.48. The maximum absolute atomic E-state index is 12.1. The van der Waals surface area contributed by atoms with E-state index in [1.807, 2.05) is 0 Å². The Balaban J connectivity index is 3.45. The lowest BCUT2D eigenvalue weighted by Gasteiger charge is -2.38.